The van der Waals surface area contributed by atoms with Crippen molar-refractivity contribution in [2.45, 2.75) is 26.0 Å². The molecule has 1 atom stereocenters. The van der Waals surface area contributed by atoms with Crippen LogP contribution in [-0.2, 0) is 9.47 Å². The first kappa shape index (κ1) is 13.6. The Kier molecular flexibility index (Phi) is 7.74. The molecule has 0 amide bonds. The highest BCUT2D eigenvalue weighted by Crippen LogP contribution is 1.88. The SMILES string of the molecule is COCC(CNC(=S)NC(C)C)OC. The number of nitrogens with one attached hydrogen (secondary N) is 2. The Labute approximate surface area is 91.3 Å². The predicted molar refractivity (Wildman–Crippen MR) is 61.5 cm³/mol. The zero-order chi connectivity index (χ0) is 11.0. The number of methoxy groups -OCH3 is 2. The molecule has 5 heteroatoms. The highest BCUT2D eigenvalue weighted by Gasteiger charge is 2.07. The van der Waals surface area contributed by atoms with Gasteiger partial charge in [-0.1, -0.05) is 0 Å². The van der Waals surface area contributed by atoms with Gasteiger partial charge in [0, 0.05) is 26.8 Å². The van der Waals surface area contributed by atoms with Gasteiger partial charge >= 0.3 is 0 Å². The van der Waals surface area contributed by atoms with Crippen molar-refractivity contribution in [3.8, 4) is 0 Å². The van der Waals surface area contributed by atoms with E-state index in [0.717, 1.165) is 0 Å². The van der Waals surface area contributed by atoms with Crippen LogP contribution in [0.25, 0.3) is 0 Å². The van der Waals surface area contributed by atoms with E-state index in [1.807, 2.05) is 13.8 Å². The van der Waals surface area contributed by atoms with Crippen molar-refractivity contribution in [1.29, 1.82) is 0 Å². The van der Waals surface area contributed by atoms with Crippen LogP contribution >= 0.6 is 12.2 Å². The summed E-state index contributed by atoms with van der Waals surface area (Å²) in [5, 5.41) is 6.80. The molecule has 0 bridgehead atoms. The summed E-state index contributed by atoms with van der Waals surface area (Å²) in [6.45, 7) is 5.30. The number of rotatable bonds is 6. The highest BCUT2D eigenvalue weighted by atomic mass is 32.1. The molecule has 14 heavy (non-hydrogen) atoms. The summed E-state index contributed by atoms with van der Waals surface area (Å²) in [4.78, 5) is 0. The number of ether oxygens (including phenoxy) is 2. The van der Waals surface area contributed by atoms with Crippen LogP contribution in [0.1, 0.15) is 13.8 Å². The molecule has 0 heterocycles. The van der Waals surface area contributed by atoms with Gasteiger partial charge in [-0.15, -0.1) is 0 Å². The molecule has 0 fully saturated rings. The summed E-state index contributed by atoms with van der Waals surface area (Å²) in [6.07, 6.45) is 0.0342. The first-order valence-electron chi connectivity index (χ1n) is 4.66. The lowest BCUT2D eigenvalue weighted by atomic mass is 10.3. The summed E-state index contributed by atoms with van der Waals surface area (Å²) in [5.74, 6) is 0. The Morgan fingerprint density at radius 1 is 1.36 bits per heavy atom. The van der Waals surface area contributed by atoms with Crippen LogP contribution in [0.4, 0.5) is 0 Å². The molecule has 0 radical (unpaired) electrons. The Morgan fingerprint density at radius 3 is 2.43 bits per heavy atom. The summed E-state index contributed by atoms with van der Waals surface area (Å²) >= 11 is 5.06. The minimum absolute atomic E-state index is 0.0342. The van der Waals surface area contributed by atoms with E-state index in [0.29, 0.717) is 24.3 Å². The monoisotopic (exact) mass is 220 g/mol. The van der Waals surface area contributed by atoms with Crippen LogP contribution in [0.5, 0.6) is 0 Å². The Balaban J connectivity index is 3.62. The second-order valence-corrected chi connectivity index (χ2v) is 3.73. The van der Waals surface area contributed by atoms with E-state index in [1.54, 1.807) is 14.2 Å². The van der Waals surface area contributed by atoms with Crippen molar-refractivity contribution < 1.29 is 9.47 Å². The predicted octanol–water partition coefficient (Wildman–Crippen LogP) is 0.520. The average Bonchev–Trinajstić information content (AvgIpc) is 2.11. The molecule has 1 unspecified atom stereocenters. The first-order chi connectivity index (χ1) is 6.60. The second-order valence-electron chi connectivity index (χ2n) is 3.32. The maximum Gasteiger partial charge on any atom is 0.166 e. The van der Waals surface area contributed by atoms with Crippen molar-refractivity contribution in [2.24, 2.45) is 0 Å². The molecular weight excluding hydrogens is 200 g/mol. The smallest absolute Gasteiger partial charge is 0.166 e. The molecule has 84 valence electrons. The summed E-state index contributed by atoms with van der Waals surface area (Å²) in [7, 11) is 3.31. The van der Waals surface area contributed by atoms with Crippen molar-refractivity contribution >= 4 is 17.3 Å². The Bertz CT molecular complexity index is 165. The first-order valence-corrected chi connectivity index (χ1v) is 5.07. The zero-order valence-electron chi connectivity index (χ0n) is 9.29. The lowest BCUT2D eigenvalue weighted by Gasteiger charge is -2.18. The molecule has 0 aliphatic carbocycles. The van der Waals surface area contributed by atoms with Gasteiger partial charge in [-0.25, -0.2) is 0 Å². The van der Waals surface area contributed by atoms with Crippen LogP contribution in [-0.4, -0.2) is 44.6 Å². The fourth-order valence-corrected chi connectivity index (χ4v) is 1.23. The van der Waals surface area contributed by atoms with Crippen LogP contribution < -0.4 is 10.6 Å². The number of thiocarbonyl (C=S) groups is 1. The molecule has 4 nitrogen and oxygen atoms in total. The van der Waals surface area contributed by atoms with Crippen molar-refractivity contribution in [3.63, 3.8) is 0 Å². The second kappa shape index (κ2) is 7.96. The van der Waals surface area contributed by atoms with E-state index in [4.69, 9.17) is 21.7 Å². The Morgan fingerprint density at radius 2 is 2.00 bits per heavy atom. The van der Waals surface area contributed by atoms with Gasteiger partial charge in [-0.05, 0) is 26.1 Å². The minimum atomic E-state index is 0.0342. The lowest BCUT2D eigenvalue weighted by molar-refractivity contribution is 0.0315. The van der Waals surface area contributed by atoms with Crippen molar-refractivity contribution in [3.05, 3.63) is 0 Å². The molecule has 0 saturated heterocycles. The van der Waals surface area contributed by atoms with Gasteiger partial charge in [0.25, 0.3) is 0 Å². The minimum Gasteiger partial charge on any atom is -0.382 e. The normalized spacial score (nSPS) is 12.6. The van der Waals surface area contributed by atoms with Crippen LogP contribution in [0.2, 0.25) is 0 Å². The third-order valence-corrected chi connectivity index (χ3v) is 1.86. The van der Waals surface area contributed by atoms with Gasteiger partial charge in [0.05, 0.1) is 12.7 Å². The topological polar surface area (TPSA) is 42.5 Å². The molecule has 0 aliphatic rings. The van der Waals surface area contributed by atoms with Gasteiger partial charge in [0.1, 0.15) is 0 Å². The maximum absolute atomic E-state index is 5.17. The van der Waals surface area contributed by atoms with Crippen molar-refractivity contribution in [1.82, 2.24) is 10.6 Å². The lowest BCUT2D eigenvalue weighted by Crippen LogP contribution is -2.43. The van der Waals surface area contributed by atoms with Gasteiger partial charge in [-0.2, -0.15) is 0 Å². The van der Waals surface area contributed by atoms with Crippen molar-refractivity contribution in [2.75, 3.05) is 27.4 Å². The van der Waals surface area contributed by atoms with Gasteiger partial charge in [-0.3, -0.25) is 0 Å². The quantitative estimate of drug-likeness (QED) is 0.639. The van der Waals surface area contributed by atoms with Gasteiger partial charge in [0.15, 0.2) is 5.11 Å². The molecule has 0 spiro atoms. The molecule has 0 aromatic rings. The molecule has 0 aromatic heterocycles. The highest BCUT2D eigenvalue weighted by molar-refractivity contribution is 7.80. The van der Waals surface area contributed by atoms with E-state index in [1.165, 1.54) is 0 Å². The van der Waals surface area contributed by atoms with Gasteiger partial charge < -0.3 is 20.1 Å². The van der Waals surface area contributed by atoms with E-state index < -0.39 is 0 Å². The summed E-state index contributed by atoms with van der Waals surface area (Å²) in [6, 6.07) is 0.346. The average molecular weight is 220 g/mol. The Hall–Kier alpha value is -0.390. The standard InChI is InChI=1S/C9H20N2O2S/c1-7(2)11-9(14)10-5-8(13-4)6-12-3/h7-8H,5-6H2,1-4H3,(H2,10,11,14). The molecule has 0 aliphatic heterocycles. The fourth-order valence-electron chi connectivity index (χ4n) is 0.916. The summed E-state index contributed by atoms with van der Waals surface area (Å²) < 4.78 is 10.2. The van der Waals surface area contributed by atoms with Crippen LogP contribution in [0, 0.1) is 0 Å². The fraction of sp³-hybridized carbons (Fsp3) is 0.889. The van der Waals surface area contributed by atoms with Gasteiger partial charge in [0.2, 0.25) is 0 Å². The van der Waals surface area contributed by atoms with E-state index in [2.05, 4.69) is 10.6 Å². The summed E-state index contributed by atoms with van der Waals surface area (Å²) in [5.41, 5.74) is 0. The van der Waals surface area contributed by atoms with Crippen LogP contribution in [0.3, 0.4) is 0 Å². The maximum atomic E-state index is 5.17. The van der Waals surface area contributed by atoms with E-state index in [9.17, 15) is 0 Å². The molecular formula is C9H20N2O2S. The number of hydrogen-bond donors (Lipinski definition) is 2. The largest absolute Gasteiger partial charge is 0.382 e. The van der Waals surface area contributed by atoms with E-state index >= 15 is 0 Å². The third-order valence-electron chi connectivity index (χ3n) is 1.60. The van der Waals surface area contributed by atoms with Crippen LogP contribution in [0.15, 0.2) is 0 Å². The zero-order valence-corrected chi connectivity index (χ0v) is 10.1. The molecule has 0 aromatic carbocycles. The molecule has 0 rings (SSSR count). The number of hydrogen-bond acceptors (Lipinski definition) is 3. The van der Waals surface area contributed by atoms with E-state index in [-0.39, 0.29) is 6.10 Å². The third kappa shape index (κ3) is 7.06. The molecule has 2 N–H and O–H groups in total. The molecule has 0 saturated carbocycles.